The fourth-order valence-corrected chi connectivity index (χ4v) is 6.33. The van der Waals surface area contributed by atoms with Gasteiger partial charge in [0.1, 0.15) is 11.6 Å². The van der Waals surface area contributed by atoms with Gasteiger partial charge in [-0.2, -0.15) is 0 Å². The summed E-state index contributed by atoms with van der Waals surface area (Å²) in [5, 5.41) is 10.7. The van der Waals surface area contributed by atoms with Crippen molar-refractivity contribution in [3.05, 3.63) is 0 Å². The van der Waals surface area contributed by atoms with Gasteiger partial charge in [0.15, 0.2) is 5.78 Å². The number of Topliss-reactive ketones (excluding diaryl/α,β-unsaturated/α-hetero) is 1. The van der Waals surface area contributed by atoms with Crippen molar-refractivity contribution >= 4 is 29.4 Å². The van der Waals surface area contributed by atoms with Crippen LogP contribution >= 0.6 is 0 Å². The van der Waals surface area contributed by atoms with Crippen LogP contribution in [0.2, 0.25) is 0 Å². The monoisotopic (exact) mass is 621 g/mol. The average molecular weight is 622 g/mol. The Bertz CT molecular complexity index is 1010. The summed E-state index contributed by atoms with van der Waals surface area (Å²) in [6, 6.07) is -1.58. The lowest BCUT2D eigenvalue weighted by atomic mass is 9.76. The van der Waals surface area contributed by atoms with Crippen LogP contribution in [0.25, 0.3) is 0 Å². The number of hydrogen-bond acceptors (Lipinski definition) is 7. The number of ketones is 1. The number of carbonyl (C=O) groups excluding carboxylic acids is 5. The van der Waals surface area contributed by atoms with Crippen LogP contribution in [-0.4, -0.2) is 90.3 Å². The van der Waals surface area contributed by atoms with Gasteiger partial charge in [-0.25, -0.2) is 0 Å². The van der Waals surface area contributed by atoms with Crippen LogP contribution in [0.15, 0.2) is 0 Å². The Morgan fingerprint density at radius 1 is 0.773 bits per heavy atom. The smallest absolute Gasteiger partial charge is 0.243 e. The number of amides is 4. The molecule has 11 heteroatoms. The fourth-order valence-electron chi connectivity index (χ4n) is 6.33. The third kappa shape index (κ3) is 12.8. The molecule has 0 aromatic rings. The van der Waals surface area contributed by atoms with Gasteiger partial charge < -0.3 is 26.0 Å². The molecule has 2 aliphatic rings. The van der Waals surface area contributed by atoms with Gasteiger partial charge in [-0.1, -0.05) is 48.0 Å². The number of nitrogens with one attached hydrogen (secondary N) is 4. The van der Waals surface area contributed by atoms with E-state index in [0.29, 0.717) is 19.4 Å². The first-order valence-electron chi connectivity index (χ1n) is 16.4. The highest BCUT2D eigenvalue weighted by atomic mass is 16.6. The van der Waals surface area contributed by atoms with Crippen molar-refractivity contribution in [3.8, 4) is 0 Å². The van der Waals surface area contributed by atoms with Crippen molar-refractivity contribution in [2.75, 3.05) is 32.8 Å². The van der Waals surface area contributed by atoms with Crippen molar-refractivity contribution in [2.45, 2.75) is 130 Å². The van der Waals surface area contributed by atoms with Crippen LogP contribution in [-0.2, 0) is 28.7 Å². The molecule has 2 heterocycles. The van der Waals surface area contributed by atoms with Crippen molar-refractivity contribution in [3.63, 3.8) is 0 Å². The summed E-state index contributed by atoms with van der Waals surface area (Å²) in [7, 11) is 0. The molecule has 0 unspecified atom stereocenters. The fraction of sp³-hybridized carbons (Fsp3) is 0.848. The lowest BCUT2D eigenvalue weighted by Gasteiger charge is -2.45. The van der Waals surface area contributed by atoms with Gasteiger partial charge in [0.25, 0.3) is 0 Å². The Morgan fingerprint density at radius 2 is 1.27 bits per heavy atom. The third-order valence-electron chi connectivity index (χ3n) is 8.45. The highest BCUT2D eigenvalue weighted by Gasteiger charge is 2.50. The maximum Gasteiger partial charge on any atom is 0.243 e. The van der Waals surface area contributed by atoms with Gasteiger partial charge in [-0.15, -0.1) is 0 Å². The van der Waals surface area contributed by atoms with Gasteiger partial charge in [-0.3, -0.25) is 28.9 Å². The minimum absolute atomic E-state index is 0.0232. The summed E-state index contributed by atoms with van der Waals surface area (Å²) in [5.74, 6) is -1.59. The second-order valence-electron chi connectivity index (χ2n) is 15.3. The molecule has 0 aromatic carbocycles. The van der Waals surface area contributed by atoms with E-state index in [0.717, 1.165) is 19.5 Å². The number of nitrogens with zero attached hydrogens (tertiary/aromatic N) is 1. The largest absolute Gasteiger partial charge is 0.361 e. The summed E-state index contributed by atoms with van der Waals surface area (Å²) < 4.78 is 5.27. The molecule has 0 radical (unpaired) electrons. The number of carbonyl (C=O) groups is 5. The number of epoxide rings is 1. The van der Waals surface area contributed by atoms with Gasteiger partial charge in [0.2, 0.25) is 23.6 Å². The van der Waals surface area contributed by atoms with E-state index in [2.05, 4.69) is 53.9 Å². The summed E-state index contributed by atoms with van der Waals surface area (Å²) in [4.78, 5) is 66.5. The van der Waals surface area contributed by atoms with Crippen molar-refractivity contribution in [1.29, 1.82) is 0 Å². The minimum Gasteiger partial charge on any atom is -0.361 e. The molecule has 0 aliphatic carbocycles. The average Bonchev–Trinajstić information content (AvgIpc) is 3.66. The second kappa shape index (κ2) is 16.2. The highest BCUT2D eigenvalue weighted by molar-refractivity contribution is 5.97. The van der Waals surface area contributed by atoms with E-state index in [4.69, 9.17) is 4.74 Å². The minimum atomic E-state index is -0.874. The van der Waals surface area contributed by atoms with E-state index in [1.165, 1.54) is 19.3 Å². The standard InChI is InChI=1S/C33H59N5O6/c1-22(2)15-24(29(42)33(9)21-44-33)36-28(41)19-35-30(43)25(16-23(3)4)37-27(40)18-34-26(39)17-31(5,6)20-32(7,8)38-13-11-10-12-14-38/h22-25H,10-21H2,1-9H3,(H,34,39)(H,35,43)(H,36,41)(H,37,40)/t24-,25-,33+/m0/s1. The quantitative estimate of drug-likeness (QED) is 0.172. The molecule has 0 aromatic heterocycles. The van der Waals surface area contributed by atoms with Crippen LogP contribution in [0.4, 0.5) is 0 Å². The summed E-state index contributed by atoms with van der Waals surface area (Å²) in [6.45, 7) is 20.0. The molecule has 2 fully saturated rings. The predicted octanol–water partition coefficient (Wildman–Crippen LogP) is 2.71. The zero-order chi connectivity index (χ0) is 33.3. The van der Waals surface area contributed by atoms with E-state index < -0.39 is 35.4 Å². The molecule has 0 bridgehead atoms. The van der Waals surface area contributed by atoms with Crippen LogP contribution in [0.1, 0.15) is 107 Å². The topological polar surface area (TPSA) is 149 Å². The number of likely N-dealkylation sites (tertiary alicyclic amines) is 1. The SMILES string of the molecule is CC(C)C[C@H](NC(=O)CNC(=O)CC(C)(C)CC(C)(C)N1CCCCC1)C(=O)NCC(=O)N[C@@H](CC(C)C)C(=O)[C@@]1(C)CO1. The first-order chi connectivity index (χ1) is 20.3. The Kier molecular flexibility index (Phi) is 13.8. The highest BCUT2D eigenvalue weighted by Crippen LogP contribution is 2.35. The van der Waals surface area contributed by atoms with Crippen molar-refractivity contribution < 1.29 is 28.7 Å². The molecular weight excluding hydrogens is 562 g/mol. The Hall–Kier alpha value is -2.53. The van der Waals surface area contributed by atoms with Gasteiger partial charge in [-0.05, 0) is 83.2 Å². The number of piperidine rings is 1. The van der Waals surface area contributed by atoms with Crippen LogP contribution in [0.5, 0.6) is 0 Å². The zero-order valence-corrected chi connectivity index (χ0v) is 28.7. The van der Waals surface area contributed by atoms with Gasteiger partial charge in [0, 0.05) is 12.0 Å². The van der Waals surface area contributed by atoms with E-state index in [-0.39, 0.29) is 54.0 Å². The summed E-state index contributed by atoms with van der Waals surface area (Å²) >= 11 is 0. The molecule has 0 saturated carbocycles. The molecule has 252 valence electrons. The normalized spacial score (nSPS) is 20.5. The maximum atomic E-state index is 13.0. The van der Waals surface area contributed by atoms with Crippen molar-refractivity contribution in [1.82, 2.24) is 26.2 Å². The van der Waals surface area contributed by atoms with E-state index in [1.54, 1.807) is 6.92 Å². The molecule has 11 nitrogen and oxygen atoms in total. The lowest BCUT2D eigenvalue weighted by Crippen LogP contribution is -2.53. The van der Waals surface area contributed by atoms with Gasteiger partial charge >= 0.3 is 0 Å². The number of ether oxygens (including phenoxy) is 1. The number of rotatable bonds is 18. The second-order valence-corrected chi connectivity index (χ2v) is 15.3. The first-order valence-corrected chi connectivity index (χ1v) is 16.4. The maximum absolute atomic E-state index is 13.0. The Labute approximate surface area is 264 Å². The summed E-state index contributed by atoms with van der Waals surface area (Å²) in [5.41, 5.74) is -1.15. The van der Waals surface area contributed by atoms with Gasteiger partial charge in [0.05, 0.1) is 25.7 Å². The predicted molar refractivity (Wildman–Crippen MR) is 171 cm³/mol. The lowest BCUT2D eigenvalue weighted by molar-refractivity contribution is -0.132. The van der Waals surface area contributed by atoms with Crippen LogP contribution in [0, 0.1) is 17.3 Å². The zero-order valence-electron chi connectivity index (χ0n) is 28.7. The van der Waals surface area contributed by atoms with E-state index >= 15 is 0 Å². The molecule has 4 amide bonds. The molecular formula is C33H59N5O6. The van der Waals surface area contributed by atoms with E-state index in [9.17, 15) is 24.0 Å². The summed E-state index contributed by atoms with van der Waals surface area (Å²) in [6.07, 6.45) is 5.64. The van der Waals surface area contributed by atoms with Crippen LogP contribution < -0.4 is 21.3 Å². The Balaban J connectivity index is 1.85. The molecule has 3 atom stereocenters. The molecule has 0 spiro atoms. The van der Waals surface area contributed by atoms with E-state index in [1.807, 2.05) is 27.7 Å². The molecule has 44 heavy (non-hydrogen) atoms. The number of hydrogen-bond donors (Lipinski definition) is 4. The first kappa shape index (κ1) is 37.7. The van der Waals surface area contributed by atoms with Crippen molar-refractivity contribution in [2.24, 2.45) is 17.3 Å². The molecule has 4 N–H and O–H groups in total. The molecule has 2 rings (SSSR count). The van der Waals surface area contributed by atoms with Crippen LogP contribution in [0.3, 0.4) is 0 Å². The molecule has 2 aliphatic heterocycles. The third-order valence-corrected chi connectivity index (χ3v) is 8.45. The Morgan fingerprint density at radius 3 is 1.80 bits per heavy atom. The molecule has 2 saturated heterocycles.